The molecule has 2 aromatic rings. The predicted octanol–water partition coefficient (Wildman–Crippen LogP) is 4.36. The molecule has 0 aliphatic heterocycles. The Morgan fingerprint density at radius 1 is 1.40 bits per heavy atom. The number of benzene rings is 1. The van der Waals surface area contributed by atoms with E-state index in [9.17, 15) is 4.79 Å². The second-order valence-corrected chi connectivity index (χ2v) is 5.87. The lowest BCUT2D eigenvalue weighted by molar-refractivity contribution is -0.112. The summed E-state index contributed by atoms with van der Waals surface area (Å²) in [6.07, 6.45) is 1.59. The van der Waals surface area contributed by atoms with Gasteiger partial charge in [0.2, 0.25) is 0 Å². The third-order valence-corrected chi connectivity index (χ3v) is 4.50. The predicted molar refractivity (Wildman–Crippen MR) is 85.4 cm³/mol. The molecule has 100 valence electrons. The lowest BCUT2D eigenvalue weighted by atomic mass is 10.2. The fraction of sp³-hybridized carbons (Fsp3) is 0.0667. The molecule has 3 nitrogen and oxygen atoms in total. The van der Waals surface area contributed by atoms with Crippen LogP contribution in [0.3, 0.4) is 0 Å². The number of anilines is 1. The summed E-state index contributed by atoms with van der Waals surface area (Å²) < 4.78 is 0.874. The highest BCUT2D eigenvalue weighted by Gasteiger charge is 2.11. The molecule has 0 radical (unpaired) electrons. The number of rotatable bonds is 3. The molecule has 1 aromatic carbocycles. The van der Waals surface area contributed by atoms with Crippen LogP contribution in [0.15, 0.2) is 45.8 Å². The van der Waals surface area contributed by atoms with Crippen LogP contribution in [0, 0.1) is 18.3 Å². The van der Waals surface area contributed by atoms with E-state index in [0.29, 0.717) is 5.69 Å². The lowest BCUT2D eigenvalue weighted by Gasteiger charge is -2.06. The molecule has 20 heavy (non-hydrogen) atoms. The van der Waals surface area contributed by atoms with Gasteiger partial charge < -0.3 is 5.32 Å². The van der Waals surface area contributed by atoms with Crippen LogP contribution in [0.5, 0.6) is 0 Å². The first-order valence-electron chi connectivity index (χ1n) is 5.83. The Labute approximate surface area is 129 Å². The van der Waals surface area contributed by atoms with Gasteiger partial charge in [-0.2, -0.15) is 5.26 Å². The zero-order valence-electron chi connectivity index (χ0n) is 10.7. The van der Waals surface area contributed by atoms with Gasteiger partial charge in [-0.25, -0.2) is 0 Å². The second-order valence-electron chi connectivity index (χ2n) is 4.07. The minimum atomic E-state index is -0.401. The average molecular weight is 347 g/mol. The summed E-state index contributed by atoms with van der Waals surface area (Å²) in [6.45, 7) is 1.90. The van der Waals surface area contributed by atoms with Crippen LogP contribution in [0.1, 0.15) is 10.4 Å². The summed E-state index contributed by atoms with van der Waals surface area (Å²) in [6, 6.07) is 11.3. The van der Waals surface area contributed by atoms with Crippen LogP contribution >= 0.6 is 27.3 Å². The zero-order valence-corrected chi connectivity index (χ0v) is 13.1. The molecule has 1 amide bonds. The van der Waals surface area contributed by atoms with E-state index in [0.717, 1.165) is 14.9 Å². The van der Waals surface area contributed by atoms with Crippen molar-refractivity contribution in [2.45, 2.75) is 6.92 Å². The molecule has 1 N–H and O–H groups in total. The number of carbonyl (C=O) groups excluding carboxylic acids is 1. The van der Waals surface area contributed by atoms with Crippen molar-refractivity contribution in [3.05, 3.63) is 56.2 Å². The number of amides is 1. The Morgan fingerprint density at radius 3 is 2.75 bits per heavy atom. The number of hydrogen-bond donors (Lipinski definition) is 1. The fourth-order valence-corrected chi connectivity index (χ4v) is 3.01. The van der Waals surface area contributed by atoms with E-state index < -0.39 is 5.91 Å². The highest BCUT2D eigenvalue weighted by Crippen LogP contribution is 2.25. The number of hydrogen-bond acceptors (Lipinski definition) is 3. The Morgan fingerprint density at radius 2 is 2.15 bits per heavy atom. The van der Waals surface area contributed by atoms with Crippen LogP contribution < -0.4 is 5.32 Å². The van der Waals surface area contributed by atoms with Gasteiger partial charge in [0.1, 0.15) is 11.6 Å². The van der Waals surface area contributed by atoms with Crippen LogP contribution in [0.25, 0.3) is 6.08 Å². The van der Waals surface area contributed by atoms with Crippen LogP contribution in [0.2, 0.25) is 0 Å². The third kappa shape index (κ3) is 3.35. The first-order chi connectivity index (χ1) is 9.61. The molecule has 1 aromatic heterocycles. The summed E-state index contributed by atoms with van der Waals surface area (Å²) in [7, 11) is 0. The van der Waals surface area contributed by atoms with Crippen molar-refractivity contribution in [3.63, 3.8) is 0 Å². The largest absolute Gasteiger partial charge is 0.321 e. The van der Waals surface area contributed by atoms with Gasteiger partial charge in [0.25, 0.3) is 5.91 Å². The van der Waals surface area contributed by atoms with Crippen molar-refractivity contribution in [1.29, 1.82) is 5.26 Å². The molecule has 0 aliphatic rings. The molecule has 0 saturated heterocycles. The van der Waals surface area contributed by atoms with Crippen molar-refractivity contribution in [1.82, 2.24) is 0 Å². The monoisotopic (exact) mass is 346 g/mol. The maximum atomic E-state index is 12.1. The van der Waals surface area contributed by atoms with Gasteiger partial charge >= 0.3 is 0 Å². The molecule has 0 aliphatic carbocycles. The fourth-order valence-electron chi connectivity index (χ4n) is 1.59. The quantitative estimate of drug-likeness (QED) is 0.662. The van der Waals surface area contributed by atoms with Gasteiger partial charge in [-0.3, -0.25) is 4.79 Å². The minimum Gasteiger partial charge on any atom is -0.321 e. The molecule has 1 heterocycles. The third-order valence-electron chi connectivity index (χ3n) is 2.68. The SMILES string of the molecule is Cc1ccccc1NC(=O)C(C#N)=Cc1sccc1Br. The highest BCUT2D eigenvalue weighted by atomic mass is 79.9. The lowest BCUT2D eigenvalue weighted by Crippen LogP contribution is -2.14. The first-order valence-corrected chi connectivity index (χ1v) is 7.51. The Bertz CT molecular complexity index is 713. The average Bonchev–Trinajstić information content (AvgIpc) is 2.84. The summed E-state index contributed by atoms with van der Waals surface area (Å²) >= 11 is 4.84. The van der Waals surface area contributed by atoms with Crippen molar-refractivity contribution >= 4 is 44.9 Å². The van der Waals surface area contributed by atoms with Gasteiger partial charge in [-0.15, -0.1) is 11.3 Å². The van der Waals surface area contributed by atoms with Crippen LogP contribution in [0.4, 0.5) is 5.69 Å². The summed E-state index contributed by atoms with van der Waals surface area (Å²) in [5, 5.41) is 13.8. The van der Waals surface area contributed by atoms with Crippen molar-refractivity contribution in [2.75, 3.05) is 5.32 Å². The maximum absolute atomic E-state index is 12.1. The highest BCUT2D eigenvalue weighted by molar-refractivity contribution is 9.10. The second kappa shape index (κ2) is 6.51. The van der Waals surface area contributed by atoms with Gasteiger partial charge in [0, 0.05) is 15.0 Å². The number of para-hydroxylation sites is 1. The zero-order chi connectivity index (χ0) is 14.5. The van der Waals surface area contributed by atoms with E-state index in [-0.39, 0.29) is 5.57 Å². The Balaban J connectivity index is 2.23. The summed E-state index contributed by atoms with van der Waals surface area (Å²) in [4.78, 5) is 13.0. The van der Waals surface area contributed by atoms with Crippen molar-refractivity contribution in [2.24, 2.45) is 0 Å². The van der Waals surface area contributed by atoms with Crippen molar-refractivity contribution in [3.8, 4) is 6.07 Å². The van der Waals surface area contributed by atoms with Gasteiger partial charge in [0.05, 0.1) is 0 Å². The minimum absolute atomic E-state index is 0.0800. The summed E-state index contributed by atoms with van der Waals surface area (Å²) in [5.74, 6) is -0.401. The molecule has 5 heteroatoms. The van der Waals surface area contributed by atoms with E-state index in [2.05, 4.69) is 21.2 Å². The van der Waals surface area contributed by atoms with E-state index in [1.165, 1.54) is 11.3 Å². The molecule has 0 saturated carbocycles. The topological polar surface area (TPSA) is 52.9 Å². The van der Waals surface area contributed by atoms with E-state index in [1.54, 1.807) is 6.08 Å². The smallest absolute Gasteiger partial charge is 0.266 e. The summed E-state index contributed by atoms with van der Waals surface area (Å²) in [5.41, 5.74) is 1.75. The van der Waals surface area contributed by atoms with E-state index in [4.69, 9.17) is 5.26 Å². The standard InChI is InChI=1S/C15H11BrN2OS/c1-10-4-2-3-5-13(10)18-15(19)11(9-17)8-14-12(16)6-7-20-14/h2-8H,1H3,(H,18,19). The molecular formula is C15H11BrN2OS. The molecule has 0 atom stereocenters. The maximum Gasteiger partial charge on any atom is 0.266 e. The van der Waals surface area contributed by atoms with Gasteiger partial charge in [0.15, 0.2) is 0 Å². The van der Waals surface area contributed by atoms with E-state index >= 15 is 0 Å². The Hall–Kier alpha value is -1.90. The number of nitrogens with zero attached hydrogens (tertiary/aromatic N) is 1. The Kier molecular flexibility index (Phi) is 4.72. The number of nitriles is 1. The molecule has 0 bridgehead atoms. The number of halogens is 1. The first kappa shape index (κ1) is 14.5. The molecule has 2 rings (SSSR count). The number of nitrogens with one attached hydrogen (secondary N) is 1. The van der Waals surface area contributed by atoms with Gasteiger partial charge in [-0.05, 0) is 52.0 Å². The van der Waals surface area contributed by atoms with Crippen LogP contribution in [-0.2, 0) is 4.79 Å². The molecule has 0 spiro atoms. The van der Waals surface area contributed by atoms with Gasteiger partial charge in [-0.1, -0.05) is 18.2 Å². The normalized spacial score (nSPS) is 10.9. The number of aryl methyl sites for hydroxylation is 1. The van der Waals surface area contributed by atoms with Crippen LogP contribution in [-0.4, -0.2) is 5.91 Å². The van der Waals surface area contributed by atoms with E-state index in [1.807, 2.05) is 48.7 Å². The number of thiophene rings is 1. The molecule has 0 fully saturated rings. The molecule has 0 unspecified atom stereocenters. The molecular weight excluding hydrogens is 336 g/mol. The number of carbonyl (C=O) groups is 1. The van der Waals surface area contributed by atoms with Crippen molar-refractivity contribution < 1.29 is 4.79 Å².